The summed E-state index contributed by atoms with van der Waals surface area (Å²) in [5.41, 5.74) is 3.77. The first kappa shape index (κ1) is 14.6. The van der Waals surface area contributed by atoms with Gasteiger partial charge < -0.3 is 10.5 Å². The first-order valence-electron chi connectivity index (χ1n) is 5.08. The van der Waals surface area contributed by atoms with E-state index in [2.05, 4.69) is 10.5 Å². The Bertz CT molecular complexity index is 513. The van der Waals surface area contributed by atoms with Gasteiger partial charge in [-0.2, -0.15) is 0 Å². The Balaban J connectivity index is 2.80. The lowest BCUT2D eigenvalue weighted by Crippen LogP contribution is -2.42. The van der Waals surface area contributed by atoms with Crippen molar-refractivity contribution >= 4 is 17.9 Å². The molecule has 0 spiro atoms. The predicted octanol–water partition coefficient (Wildman–Crippen LogP) is 0.705. The standard InChI is InChI=1S/C11H10F2N2O4/c1-5(9(16)15-11(14)18)19-10(17)8-6(12)3-2-4-7(8)13/h2-5H,1H3,(H3,14,15,16,18)/t5-/m1/s1. The molecule has 0 saturated heterocycles. The van der Waals surface area contributed by atoms with Crippen molar-refractivity contribution in [3.63, 3.8) is 0 Å². The van der Waals surface area contributed by atoms with Gasteiger partial charge in [-0.3, -0.25) is 10.1 Å². The number of ether oxygens (including phenoxy) is 1. The quantitative estimate of drug-likeness (QED) is 0.791. The van der Waals surface area contributed by atoms with Gasteiger partial charge in [-0.25, -0.2) is 18.4 Å². The van der Waals surface area contributed by atoms with Crippen LogP contribution < -0.4 is 11.1 Å². The van der Waals surface area contributed by atoms with Crippen molar-refractivity contribution in [2.45, 2.75) is 13.0 Å². The zero-order valence-electron chi connectivity index (χ0n) is 9.78. The second kappa shape index (κ2) is 5.89. The van der Waals surface area contributed by atoms with E-state index in [0.717, 1.165) is 25.1 Å². The van der Waals surface area contributed by atoms with Gasteiger partial charge in [-0.15, -0.1) is 0 Å². The fraction of sp³-hybridized carbons (Fsp3) is 0.182. The molecular weight excluding hydrogens is 262 g/mol. The molecule has 0 aliphatic rings. The second-order valence-corrected chi connectivity index (χ2v) is 3.50. The number of amides is 3. The number of hydrogen-bond donors (Lipinski definition) is 2. The van der Waals surface area contributed by atoms with Crippen LogP contribution in [0.15, 0.2) is 18.2 Å². The Morgan fingerprint density at radius 3 is 2.26 bits per heavy atom. The largest absolute Gasteiger partial charge is 0.449 e. The number of nitrogens with two attached hydrogens (primary N) is 1. The van der Waals surface area contributed by atoms with E-state index in [1.165, 1.54) is 0 Å². The van der Waals surface area contributed by atoms with E-state index in [1.807, 2.05) is 0 Å². The minimum atomic E-state index is -1.43. The number of imide groups is 1. The molecule has 0 saturated carbocycles. The summed E-state index contributed by atoms with van der Waals surface area (Å²) in [7, 11) is 0. The molecule has 0 aromatic heterocycles. The van der Waals surface area contributed by atoms with Crippen LogP contribution in [0.2, 0.25) is 0 Å². The van der Waals surface area contributed by atoms with E-state index >= 15 is 0 Å². The van der Waals surface area contributed by atoms with Gasteiger partial charge >= 0.3 is 12.0 Å². The molecule has 0 bridgehead atoms. The molecule has 0 unspecified atom stereocenters. The third kappa shape index (κ3) is 3.73. The fourth-order valence-electron chi connectivity index (χ4n) is 1.19. The van der Waals surface area contributed by atoms with Crippen LogP contribution in [0.3, 0.4) is 0 Å². The molecule has 3 N–H and O–H groups in total. The minimum absolute atomic E-state index is 0.869. The monoisotopic (exact) mass is 272 g/mol. The van der Waals surface area contributed by atoms with Gasteiger partial charge in [-0.1, -0.05) is 6.07 Å². The Morgan fingerprint density at radius 1 is 1.26 bits per heavy atom. The molecule has 6 nitrogen and oxygen atoms in total. The van der Waals surface area contributed by atoms with Gasteiger partial charge in [0.05, 0.1) is 0 Å². The van der Waals surface area contributed by atoms with Gasteiger partial charge in [0, 0.05) is 0 Å². The van der Waals surface area contributed by atoms with Crippen molar-refractivity contribution in [3.05, 3.63) is 35.4 Å². The van der Waals surface area contributed by atoms with Crippen LogP contribution in [0.1, 0.15) is 17.3 Å². The number of rotatable bonds is 3. The molecule has 8 heteroatoms. The van der Waals surface area contributed by atoms with Gasteiger partial charge in [0.2, 0.25) is 0 Å². The molecule has 0 aliphatic heterocycles. The van der Waals surface area contributed by atoms with E-state index in [1.54, 1.807) is 5.32 Å². The topological polar surface area (TPSA) is 98.5 Å². The maximum absolute atomic E-state index is 13.2. The molecule has 19 heavy (non-hydrogen) atoms. The maximum Gasteiger partial charge on any atom is 0.344 e. The third-order valence-electron chi connectivity index (χ3n) is 2.07. The highest BCUT2D eigenvalue weighted by molar-refractivity contribution is 5.98. The summed E-state index contributed by atoms with van der Waals surface area (Å²) in [5.74, 6) is -4.60. The van der Waals surface area contributed by atoms with E-state index in [-0.39, 0.29) is 0 Å². The number of primary amides is 1. The molecule has 3 amide bonds. The van der Waals surface area contributed by atoms with Gasteiger partial charge in [0.1, 0.15) is 17.2 Å². The minimum Gasteiger partial charge on any atom is -0.449 e. The number of esters is 1. The Labute approximate surface area is 106 Å². The molecular formula is C11H10F2N2O4. The summed E-state index contributed by atoms with van der Waals surface area (Å²) in [6.07, 6.45) is -1.43. The van der Waals surface area contributed by atoms with Crippen molar-refractivity contribution in [2.75, 3.05) is 0 Å². The van der Waals surface area contributed by atoms with E-state index in [0.29, 0.717) is 0 Å². The number of halogens is 2. The van der Waals surface area contributed by atoms with Crippen LogP contribution in [0.5, 0.6) is 0 Å². The summed E-state index contributed by atoms with van der Waals surface area (Å²) in [5, 5.41) is 1.66. The third-order valence-corrected chi connectivity index (χ3v) is 2.07. The zero-order chi connectivity index (χ0) is 14.6. The molecule has 1 atom stereocenters. The van der Waals surface area contributed by atoms with Crippen molar-refractivity contribution in [1.29, 1.82) is 0 Å². The Morgan fingerprint density at radius 2 is 1.79 bits per heavy atom. The van der Waals surface area contributed by atoms with Gasteiger partial charge in [0.15, 0.2) is 6.10 Å². The lowest BCUT2D eigenvalue weighted by Gasteiger charge is -2.12. The Kier molecular flexibility index (Phi) is 4.51. The number of benzene rings is 1. The highest BCUT2D eigenvalue weighted by Crippen LogP contribution is 2.14. The first-order valence-corrected chi connectivity index (χ1v) is 5.08. The van der Waals surface area contributed by atoms with Crippen molar-refractivity contribution in [1.82, 2.24) is 5.32 Å². The molecule has 0 fully saturated rings. The van der Waals surface area contributed by atoms with Crippen LogP contribution in [0.4, 0.5) is 13.6 Å². The van der Waals surface area contributed by atoms with E-state index in [9.17, 15) is 23.2 Å². The van der Waals surface area contributed by atoms with Gasteiger partial charge in [0.25, 0.3) is 5.91 Å². The van der Waals surface area contributed by atoms with Crippen LogP contribution >= 0.6 is 0 Å². The van der Waals surface area contributed by atoms with Crippen molar-refractivity contribution < 1.29 is 27.9 Å². The average Bonchev–Trinajstić information content (AvgIpc) is 2.27. The zero-order valence-corrected chi connectivity index (χ0v) is 9.78. The maximum atomic E-state index is 13.2. The molecule has 1 aromatic rings. The lowest BCUT2D eigenvalue weighted by atomic mass is 10.2. The van der Waals surface area contributed by atoms with Crippen LogP contribution in [-0.2, 0) is 9.53 Å². The fourth-order valence-corrected chi connectivity index (χ4v) is 1.19. The molecule has 102 valence electrons. The Hall–Kier alpha value is -2.51. The normalized spacial score (nSPS) is 11.5. The number of hydrogen-bond acceptors (Lipinski definition) is 4. The molecule has 0 heterocycles. The van der Waals surface area contributed by atoms with Crippen LogP contribution in [-0.4, -0.2) is 24.0 Å². The molecule has 1 aromatic carbocycles. The SMILES string of the molecule is C[C@@H](OC(=O)c1c(F)cccc1F)C(=O)NC(N)=O. The highest BCUT2D eigenvalue weighted by Gasteiger charge is 2.24. The van der Waals surface area contributed by atoms with Crippen molar-refractivity contribution in [3.8, 4) is 0 Å². The second-order valence-electron chi connectivity index (χ2n) is 3.50. The highest BCUT2D eigenvalue weighted by atomic mass is 19.1. The number of carbonyl (C=O) groups excluding carboxylic acids is 3. The molecule has 0 radical (unpaired) electrons. The number of carbonyl (C=O) groups is 3. The predicted molar refractivity (Wildman–Crippen MR) is 59.0 cm³/mol. The smallest absolute Gasteiger partial charge is 0.344 e. The number of urea groups is 1. The summed E-state index contributed by atoms with van der Waals surface area (Å²) in [4.78, 5) is 33.1. The summed E-state index contributed by atoms with van der Waals surface area (Å²) in [6.45, 7) is 1.12. The molecule has 1 rings (SSSR count). The van der Waals surface area contributed by atoms with Crippen LogP contribution in [0, 0.1) is 11.6 Å². The lowest BCUT2D eigenvalue weighted by molar-refractivity contribution is -0.127. The first-order chi connectivity index (χ1) is 8.82. The van der Waals surface area contributed by atoms with Crippen LogP contribution in [0.25, 0.3) is 0 Å². The average molecular weight is 272 g/mol. The summed E-state index contributed by atoms with van der Waals surface area (Å²) >= 11 is 0. The van der Waals surface area contributed by atoms with E-state index < -0.39 is 41.2 Å². The van der Waals surface area contributed by atoms with Gasteiger partial charge in [-0.05, 0) is 19.1 Å². The van der Waals surface area contributed by atoms with E-state index in [4.69, 9.17) is 0 Å². The van der Waals surface area contributed by atoms with Crippen molar-refractivity contribution in [2.24, 2.45) is 5.73 Å². The summed E-state index contributed by atoms with van der Waals surface area (Å²) in [6, 6.07) is 1.68. The molecule has 0 aliphatic carbocycles. The summed E-state index contributed by atoms with van der Waals surface area (Å²) < 4.78 is 31.0. The number of nitrogens with one attached hydrogen (secondary N) is 1.